The Balaban J connectivity index is 1.28. The predicted molar refractivity (Wildman–Crippen MR) is 179 cm³/mol. The first-order chi connectivity index (χ1) is 22.3. The molecule has 3 N–H and O–H groups in total. The zero-order chi connectivity index (χ0) is 32.2. The highest BCUT2D eigenvalue weighted by Gasteiger charge is 2.55. The van der Waals surface area contributed by atoms with E-state index in [4.69, 9.17) is 15.3 Å². The molecule has 12 nitrogen and oxygen atoms in total. The number of nitrogen functional groups attached to an aromatic ring is 1. The lowest BCUT2D eigenvalue weighted by Gasteiger charge is -2.49. The van der Waals surface area contributed by atoms with Crippen LogP contribution in [-0.2, 0) is 29.7 Å². The number of fused-ring (bicyclic) bond motifs is 1. The predicted octanol–water partition coefficient (Wildman–Crippen LogP) is 4.11. The number of benzene rings is 2. The summed E-state index contributed by atoms with van der Waals surface area (Å²) in [6.45, 7) is 1.82. The van der Waals surface area contributed by atoms with E-state index in [0.717, 1.165) is 27.5 Å². The van der Waals surface area contributed by atoms with Crippen molar-refractivity contribution in [1.82, 2.24) is 24.6 Å². The van der Waals surface area contributed by atoms with Crippen molar-refractivity contribution in [2.75, 3.05) is 18.6 Å². The van der Waals surface area contributed by atoms with Gasteiger partial charge >= 0.3 is 5.97 Å². The number of amides is 2. The summed E-state index contributed by atoms with van der Waals surface area (Å²) < 4.78 is 10.5. The third-order valence-electron chi connectivity index (χ3n) is 6.94. The largest absolute Gasteiger partial charge is 0.448 e. The molecule has 2 amide bonds. The van der Waals surface area contributed by atoms with E-state index in [1.165, 1.54) is 47.1 Å². The van der Waals surface area contributed by atoms with Gasteiger partial charge < -0.3 is 20.6 Å². The maximum Gasteiger partial charge on any atom is 0.356 e. The van der Waals surface area contributed by atoms with Crippen LogP contribution in [0.15, 0.2) is 81.8 Å². The van der Waals surface area contributed by atoms with Crippen molar-refractivity contribution >= 4 is 75.0 Å². The summed E-state index contributed by atoms with van der Waals surface area (Å²) in [4.78, 5) is 56.7. The lowest BCUT2D eigenvalue weighted by atomic mass is 10.0. The molecule has 1 saturated heterocycles. The van der Waals surface area contributed by atoms with E-state index in [-0.39, 0.29) is 22.2 Å². The fraction of sp³-hybridized carbons (Fsp3) is 0.233. The van der Waals surface area contributed by atoms with Crippen LogP contribution in [0.5, 0.6) is 0 Å². The molecule has 4 heterocycles. The Morgan fingerprint density at radius 1 is 1.13 bits per heavy atom. The van der Waals surface area contributed by atoms with Crippen molar-refractivity contribution < 1.29 is 24.0 Å². The zero-order valence-electron chi connectivity index (χ0n) is 24.5. The highest BCUT2D eigenvalue weighted by Crippen LogP contribution is 2.45. The van der Waals surface area contributed by atoms with Crippen LogP contribution in [0.3, 0.4) is 0 Å². The van der Waals surface area contributed by atoms with Gasteiger partial charge in [0.2, 0.25) is 0 Å². The van der Waals surface area contributed by atoms with Crippen LogP contribution in [0.1, 0.15) is 33.8 Å². The number of hydrogen-bond donors (Lipinski definition) is 2. The van der Waals surface area contributed by atoms with Gasteiger partial charge in [-0.15, -0.1) is 34.9 Å². The summed E-state index contributed by atoms with van der Waals surface area (Å²) in [7, 11) is 1.30. The van der Waals surface area contributed by atoms with Crippen molar-refractivity contribution in [3.05, 3.63) is 104 Å². The summed E-state index contributed by atoms with van der Waals surface area (Å²) in [6.07, 6.45) is -0.710. The highest BCUT2D eigenvalue weighted by atomic mass is 32.2. The number of nitrogens with two attached hydrogens (primary N) is 1. The van der Waals surface area contributed by atoms with Gasteiger partial charge in [0.1, 0.15) is 40.7 Å². The number of ether oxygens (including phenoxy) is 1. The fourth-order valence-corrected chi connectivity index (χ4v) is 8.69. The summed E-state index contributed by atoms with van der Waals surface area (Å²) >= 11 is 5.30. The standard InChI is InChI=1S/C30H27N7O5S4/c1-16-32-21(46-36-16)15-43-20-14-44-28-23(34-26(38)22(35-41-2)19-13-45-30(31)33-19)27(39)37(28)24(20)29(40)42-25(17-9-5-3-6-10-17)18-11-7-4-8-12-18/h3-13,23,25,28H,14-15H2,1-2H3,(H2,31,33)(H,34,38)/b35-22-/t23-,28+/m1/s1. The number of nitrogens with zero attached hydrogens (tertiary/aromatic N) is 5. The Morgan fingerprint density at radius 3 is 2.41 bits per heavy atom. The van der Waals surface area contributed by atoms with Gasteiger partial charge in [0, 0.05) is 16.0 Å². The molecule has 2 aliphatic heterocycles. The zero-order valence-corrected chi connectivity index (χ0v) is 27.8. The van der Waals surface area contributed by atoms with E-state index in [1.54, 1.807) is 5.38 Å². The van der Waals surface area contributed by atoms with E-state index in [0.29, 0.717) is 22.2 Å². The van der Waals surface area contributed by atoms with Gasteiger partial charge in [0.05, 0.1) is 5.75 Å². The van der Waals surface area contributed by atoms with Crippen molar-refractivity contribution in [2.24, 2.45) is 5.16 Å². The molecular formula is C30H27N7O5S4. The topological polar surface area (TPSA) is 162 Å². The molecule has 0 saturated carbocycles. The second-order valence-electron chi connectivity index (χ2n) is 9.96. The normalized spacial score (nSPS) is 17.8. The van der Waals surface area contributed by atoms with Gasteiger partial charge in [-0.1, -0.05) is 65.8 Å². The number of thiazole rings is 1. The number of β-lactam (4-membered cyclic amide) rings is 1. The van der Waals surface area contributed by atoms with Crippen molar-refractivity contribution in [1.29, 1.82) is 0 Å². The monoisotopic (exact) mass is 693 g/mol. The number of hydrogen-bond acceptors (Lipinski definition) is 14. The molecule has 2 aromatic heterocycles. The number of carbonyl (C=O) groups is 3. The molecule has 236 valence electrons. The Labute approximate surface area is 280 Å². The second-order valence-corrected chi connectivity index (χ2v) is 13.9. The average Bonchev–Trinajstić information content (AvgIpc) is 3.71. The lowest BCUT2D eigenvalue weighted by molar-refractivity contribution is -0.154. The molecule has 0 spiro atoms. The highest BCUT2D eigenvalue weighted by molar-refractivity contribution is 8.05. The number of nitrogens with one attached hydrogen (secondary N) is 1. The minimum absolute atomic E-state index is 0.116. The number of thioether (sulfide) groups is 2. The van der Waals surface area contributed by atoms with Crippen molar-refractivity contribution in [3.8, 4) is 0 Å². The van der Waals surface area contributed by atoms with Crippen LogP contribution in [-0.4, -0.2) is 67.0 Å². The molecule has 2 aromatic carbocycles. The molecular weight excluding hydrogens is 667 g/mol. The summed E-state index contributed by atoms with van der Waals surface area (Å²) in [5.41, 5.74) is 7.59. The number of oxime groups is 1. The van der Waals surface area contributed by atoms with Crippen LogP contribution in [0.4, 0.5) is 5.13 Å². The number of aryl methyl sites for hydroxylation is 1. The van der Waals surface area contributed by atoms with Gasteiger partial charge in [0.15, 0.2) is 16.9 Å². The molecule has 0 radical (unpaired) electrons. The first-order valence-corrected chi connectivity index (χ1v) is 17.6. The Hall–Kier alpha value is -4.25. The molecule has 2 atom stereocenters. The molecule has 46 heavy (non-hydrogen) atoms. The quantitative estimate of drug-likeness (QED) is 0.101. The second kappa shape index (κ2) is 14.0. The number of esters is 1. The third kappa shape index (κ3) is 6.65. The van der Waals surface area contributed by atoms with Crippen molar-refractivity contribution in [3.63, 3.8) is 0 Å². The fourth-order valence-electron chi connectivity index (χ4n) is 4.89. The summed E-state index contributed by atoms with van der Waals surface area (Å²) in [5.74, 6) is -0.187. The SMILES string of the molecule is CO/N=C(\C(=O)N[C@@H]1C(=O)N2C(C(=O)OC(c3ccccc3)c3ccccc3)=C(SCc3nc(C)ns3)CS[C@@H]12)c1csc(N)n1. The van der Waals surface area contributed by atoms with Crippen LogP contribution in [0, 0.1) is 6.92 Å². The van der Waals surface area contributed by atoms with E-state index < -0.39 is 35.3 Å². The molecule has 0 aliphatic carbocycles. The Morgan fingerprint density at radius 2 is 1.83 bits per heavy atom. The van der Waals surface area contributed by atoms with Gasteiger partial charge in [-0.05, 0) is 29.6 Å². The van der Waals surface area contributed by atoms with E-state index in [1.807, 2.05) is 67.6 Å². The van der Waals surface area contributed by atoms with Gasteiger partial charge in [-0.2, -0.15) is 4.37 Å². The van der Waals surface area contributed by atoms with Crippen LogP contribution < -0.4 is 11.1 Å². The van der Waals surface area contributed by atoms with Crippen LogP contribution in [0.2, 0.25) is 0 Å². The number of carbonyl (C=O) groups excluding carboxylic acids is 3. The average molecular weight is 694 g/mol. The number of anilines is 1. The third-order valence-corrected chi connectivity index (χ3v) is 11.2. The molecule has 0 unspecified atom stereocenters. The van der Waals surface area contributed by atoms with Crippen molar-refractivity contribution in [2.45, 2.75) is 30.2 Å². The van der Waals surface area contributed by atoms with Crippen LogP contribution >= 0.6 is 46.4 Å². The van der Waals surface area contributed by atoms with E-state index in [9.17, 15) is 14.4 Å². The molecule has 6 rings (SSSR count). The smallest absolute Gasteiger partial charge is 0.356 e. The summed E-state index contributed by atoms with van der Waals surface area (Å²) in [5, 5.41) is 8.64. The first-order valence-electron chi connectivity index (χ1n) is 13.9. The Kier molecular flexibility index (Phi) is 9.67. The van der Waals surface area contributed by atoms with E-state index in [2.05, 4.69) is 24.8 Å². The van der Waals surface area contributed by atoms with E-state index >= 15 is 0 Å². The molecule has 1 fully saturated rings. The molecule has 4 aromatic rings. The maximum absolute atomic E-state index is 14.2. The molecule has 2 aliphatic rings. The minimum Gasteiger partial charge on any atom is -0.448 e. The number of aromatic nitrogens is 3. The minimum atomic E-state index is -0.922. The van der Waals surface area contributed by atoms with Crippen LogP contribution in [0.25, 0.3) is 0 Å². The number of rotatable bonds is 11. The van der Waals surface area contributed by atoms with Gasteiger partial charge in [0.25, 0.3) is 11.8 Å². The Bertz CT molecular complexity index is 1770. The summed E-state index contributed by atoms with van der Waals surface area (Å²) in [6, 6.07) is 17.9. The molecule has 16 heteroatoms. The first kappa shape index (κ1) is 31.7. The maximum atomic E-state index is 14.2. The van der Waals surface area contributed by atoms with Gasteiger partial charge in [-0.3, -0.25) is 14.5 Å². The lowest BCUT2D eigenvalue weighted by Crippen LogP contribution is -2.71. The molecule has 0 bridgehead atoms. The van der Waals surface area contributed by atoms with Gasteiger partial charge in [-0.25, -0.2) is 14.8 Å².